The fraction of sp³-hybridized carbons (Fsp3) is 0.467. The van der Waals surface area contributed by atoms with E-state index in [0.29, 0.717) is 6.04 Å². The maximum Gasteiger partial charge on any atom is 0.0591 e. The van der Waals surface area contributed by atoms with Gasteiger partial charge in [0.15, 0.2) is 0 Å². The standard InChI is InChI=1S/C15H23NO/c1-4-5-11-17-12-10-16-14(3)15-8-6-13(2)7-9-15/h4,6-9,14,16H,1,5,10-12H2,2-3H3. The van der Waals surface area contributed by atoms with E-state index in [9.17, 15) is 0 Å². The molecule has 0 aliphatic rings. The number of hydrogen-bond donors (Lipinski definition) is 1. The Morgan fingerprint density at radius 1 is 1.29 bits per heavy atom. The first kappa shape index (κ1) is 13.9. The van der Waals surface area contributed by atoms with Gasteiger partial charge in [-0.3, -0.25) is 0 Å². The number of ether oxygens (including phenoxy) is 1. The van der Waals surface area contributed by atoms with Gasteiger partial charge in [-0.15, -0.1) is 6.58 Å². The molecule has 2 heteroatoms. The van der Waals surface area contributed by atoms with Crippen LogP contribution >= 0.6 is 0 Å². The average Bonchev–Trinajstić information content (AvgIpc) is 2.34. The van der Waals surface area contributed by atoms with Crippen molar-refractivity contribution < 1.29 is 4.74 Å². The first-order valence-electron chi connectivity index (χ1n) is 6.22. The van der Waals surface area contributed by atoms with Crippen molar-refractivity contribution in [1.82, 2.24) is 5.32 Å². The van der Waals surface area contributed by atoms with Gasteiger partial charge in [-0.2, -0.15) is 0 Å². The maximum absolute atomic E-state index is 5.45. The van der Waals surface area contributed by atoms with Gasteiger partial charge < -0.3 is 10.1 Å². The largest absolute Gasteiger partial charge is 0.380 e. The lowest BCUT2D eigenvalue weighted by Crippen LogP contribution is -2.23. The van der Waals surface area contributed by atoms with Crippen LogP contribution in [0.3, 0.4) is 0 Å². The highest BCUT2D eigenvalue weighted by Crippen LogP contribution is 2.12. The van der Waals surface area contributed by atoms with E-state index in [1.807, 2.05) is 6.08 Å². The zero-order valence-corrected chi connectivity index (χ0v) is 10.9. The molecule has 0 fully saturated rings. The van der Waals surface area contributed by atoms with Crippen LogP contribution in [0.2, 0.25) is 0 Å². The summed E-state index contributed by atoms with van der Waals surface area (Å²) in [6.07, 6.45) is 2.80. The van der Waals surface area contributed by atoms with E-state index in [1.54, 1.807) is 0 Å². The fourth-order valence-corrected chi connectivity index (χ4v) is 1.59. The molecular weight excluding hydrogens is 210 g/mol. The average molecular weight is 233 g/mol. The molecule has 0 spiro atoms. The summed E-state index contributed by atoms with van der Waals surface area (Å²) < 4.78 is 5.45. The second-order valence-corrected chi connectivity index (χ2v) is 4.28. The predicted octanol–water partition coefficient (Wildman–Crippen LogP) is 3.24. The number of aryl methyl sites for hydroxylation is 1. The van der Waals surface area contributed by atoms with Gasteiger partial charge in [0.05, 0.1) is 13.2 Å². The molecule has 0 bridgehead atoms. The summed E-state index contributed by atoms with van der Waals surface area (Å²) in [6, 6.07) is 9.01. The van der Waals surface area contributed by atoms with Crippen LogP contribution in [-0.2, 0) is 4.74 Å². The zero-order valence-electron chi connectivity index (χ0n) is 10.9. The summed E-state index contributed by atoms with van der Waals surface area (Å²) in [7, 11) is 0. The molecule has 94 valence electrons. The monoisotopic (exact) mass is 233 g/mol. The van der Waals surface area contributed by atoms with Crippen molar-refractivity contribution in [1.29, 1.82) is 0 Å². The Kier molecular flexibility index (Phi) is 6.60. The van der Waals surface area contributed by atoms with Gasteiger partial charge in [0.2, 0.25) is 0 Å². The van der Waals surface area contributed by atoms with Gasteiger partial charge in [-0.05, 0) is 25.8 Å². The highest BCUT2D eigenvalue weighted by atomic mass is 16.5. The Labute approximate surface area is 105 Å². The van der Waals surface area contributed by atoms with Crippen molar-refractivity contribution in [2.75, 3.05) is 19.8 Å². The Morgan fingerprint density at radius 2 is 2.00 bits per heavy atom. The van der Waals surface area contributed by atoms with Crippen molar-refractivity contribution in [2.24, 2.45) is 0 Å². The van der Waals surface area contributed by atoms with E-state index >= 15 is 0 Å². The minimum absolute atomic E-state index is 0.374. The van der Waals surface area contributed by atoms with Crippen LogP contribution in [0.4, 0.5) is 0 Å². The normalized spacial score (nSPS) is 12.4. The maximum atomic E-state index is 5.45. The predicted molar refractivity (Wildman–Crippen MR) is 73.2 cm³/mol. The fourth-order valence-electron chi connectivity index (χ4n) is 1.59. The molecule has 0 aromatic heterocycles. The van der Waals surface area contributed by atoms with Crippen molar-refractivity contribution in [2.45, 2.75) is 26.3 Å². The summed E-state index contributed by atoms with van der Waals surface area (Å²) >= 11 is 0. The smallest absolute Gasteiger partial charge is 0.0591 e. The molecule has 1 aromatic rings. The third-order valence-corrected chi connectivity index (χ3v) is 2.74. The van der Waals surface area contributed by atoms with Gasteiger partial charge in [0, 0.05) is 12.6 Å². The summed E-state index contributed by atoms with van der Waals surface area (Å²) in [5.41, 5.74) is 2.62. The first-order valence-corrected chi connectivity index (χ1v) is 6.22. The Bertz CT molecular complexity index is 318. The molecule has 0 aliphatic carbocycles. The number of hydrogen-bond acceptors (Lipinski definition) is 2. The van der Waals surface area contributed by atoms with Crippen molar-refractivity contribution >= 4 is 0 Å². The molecule has 1 unspecified atom stereocenters. The third kappa shape index (κ3) is 5.66. The Morgan fingerprint density at radius 3 is 2.65 bits per heavy atom. The molecule has 0 saturated heterocycles. The van der Waals surface area contributed by atoms with E-state index < -0.39 is 0 Å². The quantitative estimate of drug-likeness (QED) is 0.550. The second kappa shape index (κ2) is 8.04. The zero-order chi connectivity index (χ0) is 12.5. The van der Waals surface area contributed by atoms with Crippen LogP contribution in [0.25, 0.3) is 0 Å². The summed E-state index contributed by atoms with van der Waals surface area (Å²) in [4.78, 5) is 0. The van der Waals surface area contributed by atoms with Gasteiger partial charge in [0.25, 0.3) is 0 Å². The minimum Gasteiger partial charge on any atom is -0.380 e. The molecule has 0 amide bonds. The SMILES string of the molecule is C=CCCOCCNC(C)c1ccc(C)cc1. The molecule has 1 rings (SSSR count). The second-order valence-electron chi connectivity index (χ2n) is 4.28. The van der Waals surface area contributed by atoms with Crippen molar-refractivity contribution in [3.05, 3.63) is 48.0 Å². The van der Waals surface area contributed by atoms with Gasteiger partial charge >= 0.3 is 0 Å². The van der Waals surface area contributed by atoms with E-state index in [4.69, 9.17) is 4.74 Å². The molecule has 2 nitrogen and oxygen atoms in total. The van der Waals surface area contributed by atoms with Crippen molar-refractivity contribution in [3.63, 3.8) is 0 Å². The van der Waals surface area contributed by atoms with Gasteiger partial charge in [0.1, 0.15) is 0 Å². The molecule has 0 aliphatic heterocycles. The van der Waals surface area contributed by atoms with Gasteiger partial charge in [-0.1, -0.05) is 35.9 Å². The van der Waals surface area contributed by atoms with Crippen LogP contribution in [0.1, 0.15) is 30.5 Å². The van der Waals surface area contributed by atoms with E-state index in [0.717, 1.165) is 26.2 Å². The Hall–Kier alpha value is -1.12. The van der Waals surface area contributed by atoms with Crippen LogP contribution in [0.15, 0.2) is 36.9 Å². The number of rotatable bonds is 8. The topological polar surface area (TPSA) is 21.3 Å². The molecule has 17 heavy (non-hydrogen) atoms. The van der Waals surface area contributed by atoms with E-state index in [-0.39, 0.29) is 0 Å². The third-order valence-electron chi connectivity index (χ3n) is 2.74. The lowest BCUT2D eigenvalue weighted by Gasteiger charge is -2.14. The van der Waals surface area contributed by atoms with Crippen molar-refractivity contribution in [3.8, 4) is 0 Å². The van der Waals surface area contributed by atoms with Crippen LogP contribution < -0.4 is 5.32 Å². The van der Waals surface area contributed by atoms with Crippen LogP contribution in [0.5, 0.6) is 0 Å². The highest BCUT2D eigenvalue weighted by molar-refractivity contribution is 5.23. The highest BCUT2D eigenvalue weighted by Gasteiger charge is 2.03. The molecule has 1 N–H and O–H groups in total. The van der Waals surface area contributed by atoms with Gasteiger partial charge in [-0.25, -0.2) is 0 Å². The summed E-state index contributed by atoms with van der Waals surface area (Å²) in [5.74, 6) is 0. The van der Waals surface area contributed by atoms with E-state index in [1.165, 1.54) is 11.1 Å². The number of benzene rings is 1. The Balaban J connectivity index is 2.18. The molecular formula is C15H23NO. The molecule has 0 heterocycles. The summed E-state index contributed by atoms with van der Waals surface area (Å²) in [5, 5.41) is 3.44. The van der Waals surface area contributed by atoms with Crippen LogP contribution in [-0.4, -0.2) is 19.8 Å². The molecule has 0 saturated carbocycles. The van der Waals surface area contributed by atoms with E-state index in [2.05, 4.69) is 50.0 Å². The van der Waals surface area contributed by atoms with Crippen LogP contribution in [0, 0.1) is 6.92 Å². The molecule has 0 radical (unpaired) electrons. The number of nitrogens with one attached hydrogen (secondary N) is 1. The first-order chi connectivity index (χ1) is 8.24. The lowest BCUT2D eigenvalue weighted by atomic mass is 10.1. The lowest BCUT2D eigenvalue weighted by molar-refractivity contribution is 0.138. The molecule has 1 atom stereocenters. The summed E-state index contributed by atoms with van der Waals surface area (Å²) in [6.45, 7) is 10.3. The molecule has 1 aromatic carbocycles. The minimum atomic E-state index is 0.374.